The average molecular weight is 364 g/mol. The highest BCUT2D eigenvalue weighted by Gasteiger charge is 2.11. The molecule has 0 bridgehead atoms. The summed E-state index contributed by atoms with van der Waals surface area (Å²) in [4.78, 5) is 18.4. The number of aromatic nitrogens is 2. The Kier molecular flexibility index (Phi) is 5.76. The predicted molar refractivity (Wildman–Crippen MR) is 109 cm³/mol. The fraction of sp³-hybridized carbons (Fsp3) is 0.238. The van der Waals surface area contributed by atoms with Crippen LogP contribution in [0.15, 0.2) is 65.6 Å². The third kappa shape index (κ3) is 4.47. The molecule has 0 aliphatic carbocycles. The van der Waals surface area contributed by atoms with Gasteiger partial charge in [-0.15, -0.1) is 0 Å². The SMILES string of the molecule is COc1cn(Cc2ccccc2)c(NCc2ccccc2N(C)C)nc1=O. The lowest BCUT2D eigenvalue weighted by molar-refractivity contribution is 0.402. The van der Waals surface area contributed by atoms with Crippen molar-refractivity contribution < 1.29 is 4.74 Å². The number of hydrogen-bond donors (Lipinski definition) is 1. The number of methoxy groups -OCH3 is 1. The number of hydrogen-bond acceptors (Lipinski definition) is 5. The van der Waals surface area contributed by atoms with E-state index >= 15 is 0 Å². The maximum Gasteiger partial charge on any atom is 0.316 e. The summed E-state index contributed by atoms with van der Waals surface area (Å²) in [5, 5.41) is 3.31. The Morgan fingerprint density at radius 3 is 2.48 bits per heavy atom. The first-order chi connectivity index (χ1) is 13.1. The molecule has 0 aliphatic rings. The van der Waals surface area contributed by atoms with Crippen molar-refractivity contribution in [3.05, 3.63) is 82.3 Å². The average Bonchev–Trinajstić information content (AvgIpc) is 2.68. The number of para-hydroxylation sites is 1. The van der Waals surface area contributed by atoms with Gasteiger partial charge in [0.05, 0.1) is 19.9 Å². The van der Waals surface area contributed by atoms with E-state index in [9.17, 15) is 4.79 Å². The minimum absolute atomic E-state index is 0.227. The molecule has 0 saturated heterocycles. The zero-order chi connectivity index (χ0) is 19.2. The van der Waals surface area contributed by atoms with Crippen LogP contribution < -0.4 is 20.5 Å². The second kappa shape index (κ2) is 8.40. The van der Waals surface area contributed by atoms with Gasteiger partial charge in [0.2, 0.25) is 11.7 Å². The van der Waals surface area contributed by atoms with Crippen LogP contribution in [0.5, 0.6) is 5.75 Å². The van der Waals surface area contributed by atoms with Crippen molar-refractivity contribution in [1.29, 1.82) is 0 Å². The predicted octanol–water partition coefficient (Wildman–Crippen LogP) is 2.98. The van der Waals surface area contributed by atoms with E-state index in [0.29, 0.717) is 19.0 Å². The van der Waals surface area contributed by atoms with Gasteiger partial charge in [0.15, 0.2) is 0 Å². The molecule has 3 rings (SSSR count). The van der Waals surface area contributed by atoms with Crippen LogP contribution in [-0.2, 0) is 13.1 Å². The molecule has 27 heavy (non-hydrogen) atoms. The lowest BCUT2D eigenvalue weighted by atomic mass is 10.1. The van der Waals surface area contributed by atoms with E-state index < -0.39 is 0 Å². The van der Waals surface area contributed by atoms with Crippen LogP contribution in [-0.4, -0.2) is 30.8 Å². The van der Waals surface area contributed by atoms with E-state index in [4.69, 9.17) is 4.74 Å². The van der Waals surface area contributed by atoms with Gasteiger partial charge in [0.25, 0.3) is 0 Å². The van der Waals surface area contributed by atoms with Crippen molar-refractivity contribution in [3.63, 3.8) is 0 Å². The Hall–Kier alpha value is -3.28. The number of ether oxygens (including phenoxy) is 1. The van der Waals surface area contributed by atoms with Gasteiger partial charge >= 0.3 is 5.56 Å². The monoisotopic (exact) mass is 364 g/mol. The second-order valence-electron chi connectivity index (χ2n) is 6.43. The van der Waals surface area contributed by atoms with E-state index in [1.54, 1.807) is 6.20 Å². The molecular formula is C21H24N4O2. The zero-order valence-corrected chi connectivity index (χ0v) is 15.8. The van der Waals surface area contributed by atoms with Crippen LogP contribution in [0.4, 0.5) is 11.6 Å². The van der Waals surface area contributed by atoms with Crippen LogP contribution in [0.25, 0.3) is 0 Å². The molecule has 6 heteroatoms. The lowest BCUT2D eigenvalue weighted by Gasteiger charge is -2.19. The first-order valence-corrected chi connectivity index (χ1v) is 8.77. The molecule has 0 unspecified atom stereocenters. The molecule has 140 valence electrons. The second-order valence-corrected chi connectivity index (χ2v) is 6.43. The molecule has 0 spiro atoms. The maximum absolute atomic E-state index is 12.2. The zero-order valence-electron chi connectivity index (χ0n) is 15.8. The Bertz CT molecular complexity index is 952. The molecule has 0 radical (unpaired) electrons. The normalized spacial score (nSPS) is 10.5. The van der Waals surface area contributed by atoms with Crippen LogP contribution in [0, 0.1) is 0 Å². The molecule has 0 saturated carbocycles. The molecule has 0 aliphatic heterocycles. The third-order valence-electron chi connectivity index (χ3n) is 4.29. The van der Waals surface area contributed by atoms with Crippen LogP contribution in [0.2, 0.25) is 0 Å². The first-order valence-electron chi connectivity index (χ1n) is 8.77. The van der Waals surface area contributed by atoms with Crippen molar-refractivity contribution in [2.75, 3.05) is 31.4 Å². The van der Waals surface area contributed by atoms with Gasteiger partial charge in [-0.3, -0.25) is 4.79 Å². The molecule has 0 amide bonds. The van der Waals surface area contributed by atoms with Crippen LogP contribution >= 0.6 is 0 Å². The molecule has 1 N–H and O–H groups in total. The van der Waals surface area contributed by atoms with Gasteiger partial charge in [-0.05, 0) is 17.2 Å². The minimum atomic E-state index is -0.384. The fourth-order valence-corrected chi connectivity index (χ4v) is 2.93. The van der Waals surface area contributed by atoms with Crippen molar-refractivity contribution in [2.45, 2.75) is 13.1 Å². The molecule has 2 aromatic carbocycles. The molecule has 1 aromatic heterocycles. The van der Waals surface area contributed by atoms with Crippen LogP contribution in [0.3, 0.4) is 0 Å². The summed E-state index contributed by atoms with van der Waals surface area (Å²) < 4.78 is 7.06. The number of nitrogens with zero attached hydrogens (tertiary/aromatic N) is 3. The Morgan fingerprint density at radius 2 is 1.78 bits per heavy atom. The van der Waals surface area contributed by atoms with E-state index in [1.165, 1.54) is 7.11 Å². The van der Waals surface area contributed by atoms with Gasteiger partial charge in [0, 0.05) is 26.3 Å². The standard InChI is InChI=1S/C21H24N4O2/c1-24(2)18-12-8-7-11-17(18)13-22-21-23-20(26)19(27-3)15-25(21)14-16-9-5-4-6-10-16/h4-12,15H,13-14H2,1-3H3,(H,22,23,26). The van der Waals surface area contributed by atoms with E-state index in [0.717, 1.165) is 16.8 Å². The highest BCUT2D eigenvalue weighted by Crippen LogP contribution is 2.19. The molecule has 6 nitrogen and oxygen atoms in total. The van der Waals surface area contributed by atoms with Crippen molar-refractivity contribution in [2.24, 2.45) is 0 Å². The molecular weight excluding hydrogens is 340 g/mol. The summed E-state index contributed by atoms with van der Waals surface area (Å²) in [6.45, 7) is 1.14. The summed E-state index contributed by atoms with van der Waals surface area (Å²) in [5.41, 5.74) is 2.97. The highest BCUT2D eigenvalue weighted by molar-refractivity contribution is 5.53. The Morgan fingerprint density at radius 1 is 1.07 bits per heavy atom. The number of nitrogens with one attached hydrogen (secondary N) is 1. The van der Waals surface area contributed by atoms with E-state index in [-0.39, 0.29) is 11.3 Å². The van der Waals surface area contributed by atoms with Gasteiger partial charge in [-0.25, -0.2) is 0 Å². The van der Waals surface area contributed by atoms with Crippen molar-refractivity contribution >= 4 is 11.6 Å². The summed E-state index contributed by atoms with van der Waals surface area (Å²) in [6.07, 6.45) is 1.70. The topological polar surface area (TPSA) is 59.4 Å². The summed E-state index contributed by atoms with van der Waals surface area (Å²) in [6, 6.07) is 18.2. The summed E-state index contributed by atoms with van der Waals surface area (Å²) in [7, 11) is 5.50. The minimum Gasteiger partial charge on any atom is -0.490 e. The Balaban J connectivity index is 1.90. The fourth-order valence-electron chi connectivity index (χ4n) is 2.93. The number of rotatable bonds is 7. The highest BCUT2D eigenvalue weighted by atomic mass is 16.5. The first kappa shape index (κ1) is 18.5. The molecule has 0 fully saturated rings. The van der Waals surface area contributed by atoms with Gasteiger partial charge in [0.1, 0.15) is 0 Å². The summed E-state index contributed by atoms with van der Waals surface area (Å²) >= 11 is 0. The number of anilines is 2. The number of benzene rings is 2. The molecule has 0 atom stereocenters. The van der Waals surface area contributed by atoms with Crippen molar-refractivity contribution in [1.82, 2.24) is 9.55 Å². The quantitative estimate of drug-likeness (QED) is 0.698. The van der Waals surface area contributed by atoms with E-state index in [2.05, 4.69) is 27.3 Å². The van der Waals surface area contributed by atoms with Gasteiger partial charge < -0.3 is 19.5 Å². The van der Waals surface area contributed by atoms with Gasteiger partial charge in [-0.1, -0.05) is 48.5 Å². The Labute approximate surface area is 159 Å². The smallest absolute Gasteiger partial charge is 0.316 e. The largest absolute Gasteiger partial charge is 0.490 e. The van der Waals surface area contributed by atoms with Crippen LogP contribution in [0.1, 0.15) is 11.1 Å². The van der Waals surface area contributed by atoms with Gasteiger partial charge in [-0.2, -0.15) is 4.98 Å². The summed E-state index contributed by atoms with van der Waals surface area (Å²) in [5.74, 6) is 0.739. The van der Waals surface area contributed by atoms with Crippen molar-refractivity contribution in [3.8, 4) is 5.75 Å². The molecule has 1 heterocycles. The maximum atomic E-state index is 12.2. The molecule has 3 aromatic rings. The van der Waals surface area contributed by atoms with E-state index in [1.807, 2.05) is 61.1 Å². The third-order valence-corrected chi connectivity index (χ3v) is 4.29. The lowest BCUT2D eigenvalue weighted by Crippen LogP contribution is -2.20.